The van der Waals surface area contributed by atoms with Gasteiger partial charge in [0.05, 0.1) is 19.1 Å². The monoisotopic (exact) mass is 372 g/mol. The molecule has 0 saturated carbocycles. The van der Waals surface area contributed by atoms with Crippen LogP contribution in [0.1, 0.15) is 5.56 Å². The van der Waals surface area contributed by atoms with Crippen molar-refractivity contribution in [2.24, 2.45) is 7.05 Å². The van der Waals surface area contributed by atoms with Crippen molar-refractivity contribution in [2.75, 3.05) is 19.9 Å². The van der Waals surface area contributed by atoms with Crippen LogP contribution in [0, 0.1) is 0 Å². The first kappa shape index (κ1) is 18.1. The molecule has 1 amide bonds. The molecule has 0 unspecified atom stereocenters. The molecule has 0 bridgehead atoms. The molecule has 8 heteroatoms. The van der Waals surface area contributed by atoms with Crippen molar-refractivity contribution in [3.63, 3.8) is 0 Å². The van der Waals surface area contributed by atoms with Crippen LogP contribution in [-0.4, -0.2) is 45.5 Å². The van der Waals surface area contributed by atoms with Crippen molar-refractivity contribution in [3.8, 4) is 17.3 Å². The van der Waals surface area contributed by atoms with Gasteiger partial charge in [-0.1, -0.05) is 30.0 Å². The number of thioether (sulfide) groups is 1. The molecule has 0 spiro atoms. The second-order valence-electron chi connectivity index (χ2n) is 5.69. The van der Waals surface area contributed by atoms with Crippen molar-refractivity contribution in [1.29, 1.82) is 0 Å². The summed E-state index contributed by atoms with van der Waals surface area (Å²) in [7, 11) is 5.25. The summed E-state index contributed by atoms with van der Waals surface area (Å²) in [4.78, 5) is 14.1. The maximum atomic E-state index is 12.5. The summed E-state index contributed by atoms with van der Waals surface area (Å²) < 4.78 is 12.5. The van der Waals surface area contributed by atoms with Gasteiger partial charge < -0.3 is 18.6 Å². The molecule has 0 aliphatic rings. The molecule has 136 valence electrons. The van der Waals surface area contributed by atoms with Crippen molar-refractivity contribution in [1.82, 2.24) is 19.7 Å². The second kappa shape index (κ2) is 8.09. The van der Waals surface area contributed by atoms with E-state index in [1.165, 1.54) is 11.8 Å². The zero-order chi connectivity index (χ0) is 18.5. The number of hydrogen-bond acceptors (Lipinski definition) is 6. The van der Waals surface area contributed by atoms with Crippen molar-refractivity contribution in [3.05, 3.63) is 48.2 Å². The van der Waals surface area contributed by atoms with E-state index < -0.39 is 0 Å². The van der Waals surface area contributed by atoms with E-state index in [0.717, 1.165) is 11.3 Å². The predicted octanol–water partition coefficient (Wildman–Crippen LogP) is 2.83. The highest BCUT2D eigenvalue weighted by molar-refractivity contribution is 7.99. The van der Waals surface area contributed by atoms with Gasteiger partial charge in [0, 0.05) is 26.2 Å². The van der Waals surface area contributed by atoms with Gasteiger partial charge in [-0.25, -0.2) is 0 Å². The van der Waals surface area contributed by atoms with Gasteiger partial charge in [0.25, 0.3) is 0 Å². The van der Waals surface area contributed by atoms with Gasteiger partial charge in [-0.3, -0.25) is 4.79 Å². The van der Waals surface area contributed by atoms with Crippen LogP contribution >= 0.6 is 11.8 Å². The number of furan rings is 1. The van der Waals surface area contributed by atoms with Crippen LogP contribution in [0.3, 0.4) is 0 Å². The van der Waals surface area contributed by atoms with Crippen LogP contribution in [0.5, 0.6) is 5.75 Å². The topological polar surface area (TPSA) is 73.4 Å². The number of nitrogens with zero attached hydrogens (tertiary/aromatic N) is 4. The summed E-state index contributed by atoms with van der Waals surface area (Å²) >= 11 is 1.35. The first-order valence-corrected chi connectivity index (χ1v) is 9.00. The first-order chi connectivity index (χ1) is 12.6. The van der Waals surface area contributed by atoms with E-state index in [4.69, 9.17) is 9.15 Å². The van der Waals surface area contributed by atoms with Crippen molar-refractivity contribution in [2.45, 2.75) is 11.7 Å². The van der Waals surface area contributed by atoms with Gasteiger partial charge in [0.1, 0.15) is 5.75 Å². The van der Waals surface area contributed by atoms with Crippen LogP contribution in [0.15, 0.2) is 52.2 Å². The molecule has 3 rings (SSSR count). The minimum atomic E-state index is 0.00320. The number of carbonyl (C=O) groups is 1. The van der Waals surface area contributed by atoms with Gasteiger partial charge in [-0.05, 0) is 18.2 Å². The Morgan fingerprint density at radius 2 is 2.08 bits per heavy atom. The highest BCUT2D eigenvalue weighted by atomic mass is 32.2. The Morgan fingerprint density at radius 1 is 1.27 bits per heavy atom. The lowest BCUT2D eigenvalue weighted by molar-refractivity contribution is -0.127. The number of ether oxygens (including phenoxy) is 1. The zero-order valence-corrected chi connectivity index (χ0v) is 15.7. The number of hydrogen-bond donors (Lipinski definition) is 0. The molecule has 3 aromatic rings. The number of benzene rings is 1. The molecular weight excluding hydrogens is 352 g/mol. The van der Waals surface area contributed by atoms with E-state index in [0.29, 0.717) is 23.3 Å². The van der Waals surface area contributed by atoms with Gasteiger partial charge >= 0.3 is 0 Å². The summed E-state index contributed by atoms with van der Waals surface area (Å²) in [5, 5.41) is 8.93. The number of aromatic nitrogens is 3. The smallest absolute Gasteiger partial charge is 0.233 e. The highest BCUT2D eigenvalue weighted by Gasteiger charge is 2.17. The Hall–Kier alpha value is -2.74. The molecule has 0 aliphatic carbocycles. The quantitative estimate of drug-likeness (QED) is 0.594. The third kappa shape index (κ3) is 3.91. The number of methoxy groups -OCH3 is 1. The Morgan fingerprint density at radius 3 is 2.81 bits per heavy atom. The van der Waals surface area contributed by atoms with Gasteiger partial charge in [-0.15, -0.1) is 10.2 Å². The summed E-state index contributed by atoms with van der Waals surface area (Å²) in [6, 6.07) is 11.3. The standard InChI is InChI=1S/C18H20N4O3S/c1-21(11-13-7-4-5-8-14(13)24-3)16(23)12-26-18-20-19-17(22(18)2)15-9-6-10-25-15/h4-10H,11-12H2,1-3H3. The lowest BCUT2D eigenvalue weighted by Gasteiger charge is -2.18. The molecule has 2 heterocycles. The normalized spacial score (nSPS) is 10.7. The van der Waals surface area contributed by atoms with Crippen molar-refractivity contribution < 1.29 is 13.9 Å². The maximum absolute atomic E-state index is 12.5. The van der Waals surface area contributed by atoms with Crippen LogP contribution in [0.2, 0.25) is 0 Å². The third-order valence-corrected chi connectivity index (χ3v) is 4.93. The summed E-state index contributed by atoms with van der Waals surface area (Å²) in [5.41, 5.74) is 0.967. The molecular formula is C18H20N4O3S. The summed E-state index contributed by atoms with van der Waals surface area (Å²) in [5.74, 6) is 2.33. The number of carbonyl (C=O) groups excluding carboxylic acids is 1. The van der Waals surface area contributed by atoms with Gasteiger partial charge in [-0.2, -0.15) is 0 Å². The first-order valence-electron chi connectivity index (χ1n) is 8.02. The number of amides is 1. The minimum Gasteiger partial charge on any atom is -0.496 e. The van der Waals surface area contributed by atoms with Gasteiger partial charge in [0.2, 0.25) is 5.91 Å². The largest absolute Gasteiger partial charge is 0.496 e. The Labute approximate surface area is 156 Å². The zero-order valence-electron chi connectivity index (χ0n) is 14.9. The summed E-state index contributed by atoms with van der Waals surface area (Å²) in [6.07, 6.45) is 1.59. The van der Waals surface area contributed by atoms with E-state index in [1.807, 2.05) is 41.9 Å². The lowest BCUT2D eigenvalue weighted by Crippen LogP contribution is -2.28. The molecule has 0 fully saturated rings. The second-order valence-corrected chi connectivity index (χ2v) is 6.64. The maximum Gasteiger partial charge on any atom is 0.233 e. The predicted molar refractivity (Wildman–Crippen MR) is 98.9 cm³/mol. The van der Waals surface area contributed by atoms with Crippen LogP contribution < -0.4 is 4.74 Å². The van der Waals surface area contributed by atoms with Gasteiger partial charge in [0.15, 0.2) is 16.7 Å². The van der Waals surface area contributed by atoms with E-state index >= 15 is 0 Å². The molecule has 0 saturated heterocycles. The molecule has 1 aromatic carbocycles. The molecule has 0 radical (unpaired) electrons. The fraction of sp³-hybridized carbons (Fsp3) is 0.278. The lowest BCUT2D eigenvalue weighted by atomic mass is 10.2. The molecule has 2 aromatic heterocycles. The molecule has 26 heavy (non-hydrogen) atoms. The van der Waals surface area contributed by atoms with E-state index in [1.54, 1.807) is 31.4 Å². The number of rotatable bonds is 7. The average Bonchev–Trinajstić information content (AvgIpc) is 3.29. The Balaban J connectivity index is 1.60. The van der Waals surface area contributed by atoms with Crippen LogP contribution in [0.4, 0.5) is 0 Å². The Kier molecular flexibility index (Phi) is 5.62. The fourth-order valence-electron chi connectivity index (χ4n) is 2.47. The van der Waals surface area contributed by atoms with E-state index in [2.05, 4.69) is 10.2 Å². The fourth-order valence-corrected chi connectivity index (χ4v) is 3.33. The molecule has 0 atom stereocenters. The number of para-hydroxylation sites is 1. The third-order valence-electron chi connectivity index (χ3n) is 3.93. The SMILES string of the molecule is COc1ccccc1CN(C)C(=O)CSc1nnc(-c2ccco2)n1C. The average molecular weight is 372 g/mol. The van der Waals surface area contributed by atoms with E-state index in [9.17, 15) is 4.79 Å². The molecule has 7 nitrogen and oxygen atoms in total. The minimum absolute atomic E-state index is 0.00320. The Bertz CT molecular complexity index is 876. The molecule has 0 N–H and O–H groups in total. The highest BCUT2D eigenvalue weighted by Crippen LogP contribution is 2.23. The van der Waals surface area contributed by atoms with E-state index in [-0.39, 0.29) is 11.7 Å². The molecule has 0 aliphatic heterocycles. The summed E-state index contributed by atoms with van der Waals surface area (Å²) in [6.45, 7) is 0.486. The van der Waals surface area contributed by atoms with Crippen molar-refractivity contribution >= 4 is 17.7 Å². The van der Waals surface area contributed by atoms with Crippen LogP contribution in [-0.2, 0) is 18.4 Å². The van der Waals surface area contributed by atoms with Crippen LogP contribution in [0.25, 0.3) is 11.6 Å².